The summed E-state index contributed by atoms with van der Waals surface area (Å²) < 4.78 is 0. The Balaban J connectivity index is 2.78. The Hall–Kier alpha value is -1.79. The van der Waals surface area contributed by atoms with Gasteiger partial charge in [-0.1, -0.05) is 6.92 Å². The van der Waals surface area contributed by atoms with E-state index >= 15 is 0 Å². The summed E-state index contributed by atoms with van der Waals surface area (Å²) in [6, 6.07) is 4.70. The third-order valence-electron chi connectivity index (χ3n) is 2.50. The molecule has 2 N–H and O–H groups in total. The van der Waals surface area contributed by atoms with Crippen LogP contribution in [-0.4, -0.2) is 35.0 Å². The van der Waals surface area contributed by atoms with Crippen LogP contribution in [0.5, 0.6) is 0 Å². The summed E-state index contributed by atoms with van der Waals surface area (Å²) >= 11 is 0. The van der Waals surface area contributed by atoms with Crippen molar-refractivity contribution in [3.8, 4) is 0 Å². The normalized spacial score (nSPS) is 12.1. The van der Waals surface area contributed by atoms with Crippen LogP contribution >= 0.6 is 0 Å². The van der Waals surface area contributed by atoms with Gasteiger partial charge in [0.2, 0.25) is 0 Å². The van der Waals surface area contributed by atoms with E-state index in [1.165, 1.54) is 24.3 Å². The largest absolute Gasteiger partial charge is 0.394 e. The summed E-state index contributed by atoms with van der Waals surface area (Å²) in [5.74, 6) is -0.263. The van der Waals surface area contributed by atoms with Gasteiger partial charge in [-0.15, -0.1) is 0 Å². The average Bonchev–Trinajstić information content (AvgIpc) is 2.39. The molecule has 1 rings (SSSR count). The standard InChI is InChI=1S/C12H16N2O4/c1-2-7-13-11(8-15)12(16)9-3-5-10(6-4-9)14(17)18/h3-6,11,13,15H,2,7-8H2,1H3. The predicted molar refractivity (Wildman–Crippen MR) is 66.6 cm³/mol. The first-order valence-electron chi connectivity index (χ1n) is 5.73. The second kappa shape index (κ2) is 6.83. The number of nitro groups is 1. The molecule has 0 aliphatic heterocycles. The topological polar surface area (TPSA) is 92.5 Å². The Kier molecular flexibility index (Phi) is 5.41. The molecule has 0 saturated heterocycles. The number of nitro benzene ring substituents is 1. The smallest absolute Gasteiger partial charge is 0.269 e. The quantitative estimate of drug-likeness (QED) is 0.431. The van der Waals surface area contributed by atoms with Crippen LogP contribution in [0.25, 0.3) is 0 Å². The fourth-order valence-corrected chi connectivity index (χ4v) is 1.51. The maximum Gasteiger partial charge on any atom is 0.269 e. The van der Waals surface area contributed by atoms with Gasteiger partial charge in [0.05, 0.1) is 17.6 Å². The molecule has 18 heavy (non-hydrogen) atoms. The van der Waals surface area contributed by atoms with Gasteiger partial charge in [0.25, 0.3) is 5.69 Å². The molecule has 0 radical (unpaired) electrons. The lowest BCUT2D eigenvalue weighted by Crippen LogP contribution is -2.40. The fourth-order valence-electron chi connectivity index (χ4n) is 1.51. The molecule has 0 aromatic heterocycles. The molecule has 1 aromatic rings. The molecular weight excluding hydrogens is 236 g/mol. The van der Waals surface area contributed by atoms with Crippen molar-refractivity contribution >= 4 is 11.5 Å². The molecule has 6 nitrogen and oxygen atoms in total. The van der Waals surface area contributed by atoms with Crippen molar-refractivity contribution in [3.05, 3.63) is 39.9 Å². The van der Waals surface area contributed by atoms with Crippen LogP contribution in [0.3, 0.4) is 0 Å². The van der Waals surface area contributed by atoms with Crippen molar-refractivity contribution in [1.29, 1.82) is 0 Å². The number of nitrogens with one attached hydrogen (secondary N) is 1. The first-order valence-corrected chi connectivity index (χ1v) is 5.73. The average molecular weight is 252 g/mol. The van der Waals surface area contributed by atoms with Gasteiger partial charge in [0.15, 0.2) is 5.78 Å². The number of rotatable bonds is 7. The number of aliphatic hydroxyl groups is 1. The van der Waals surface area contributed by atoms with Gasteiger partial charge in [-0.3, -0.25) is 14.9 Å². The zero-order chi connectivity index (χ0) is 13.5. The van der Waals surface area contributed by atoms with Crippen molar-refractivity contribution in [2.75, 3.05) is 13.2 Å². The van der Waals surface area contributed by atoms with Crippen molar-refractivity contribution < 1.29 is 14.8 Å². The van der Waals surface area contributed by atoms with E-state index in [1.807, 2.05) is 6.92 Å². The molecule has 0 spiro atoms. The van der Waals surface area contributed by atoms with Gasteiger partial charge >= 0.3 is 0 Å². The highest BCUT2D eigenvalue weighted by atomic mass is 16.6. The third kappa shape index (κ3) is 3.61. The van der Waals surface area contributed by atoms with Crippen LogP contribution in [0.4, 0.5) is 5.69 Å². The molecule has 0 aliphatic carbocycles. The van der Waals surface area contributed by atoms with Crippen molar-refractivity contribution in [2.45, 2.75) is 19.4 Å². The van der Waals surface area contributed by atoms with Crippen LogP contribution in [0.15, 0.2) is 24.3 Å². The monoisotopic (exact) mass is 252 g/mol. The summed E-state index contributed by atoms with van der Waals surface area (Å²) in [5, 5.41) is 22.5. The lowest BCUT2D eigenvalue weighted by molar-refractivity contribution is -0.384. The van der Waals surface area contributed by atoms with E-state index in [0.29, 0.717) is 12.1 Å². The van der Waals surface area contributed by atoms with E-state index in [4.69, 9.17) is 5.11 Å². The summed E-state index contributed by atoms with van der Waals surface area (Å²) in [6.07, 6.45) is 0.851. The van der Waals surface area contributed by atoms with E-state index < -0.39 is 11.0 Å². The molecule has 0 amide bonds. The van der Waals surface area contributed by atoms with Crippen LogP contribution in [0.2, 0.25) is 0 Å². The van der Waals surface area contributed by atoms with E-state index in [9.17, 15) is 14.9 Å². The van der Waals surface area contributed by atoms with E-state index in [0.717, 1.165) is 6.42 Å². The Bertz CT molecular complexity index is 417. The molecule has 6 heteroatoms. The predicted octanol–water partition coefficient (Wildman–Crippen LogP) is 1.14. The fraction of sp³-hybridized carbons (Fsp3) is 0.417. The van der Waals surface area contributed by atoms with Crippen LogP contribution in [0.1, 0.15) is 23.7 Å². The lowest BCUT2D eigenvalue weighted by Gasteiger charge is -2.14. The van der Waals surface area contributed by atoms with E-state index in [2.05, 4.69) is 5.32 Å². The number of benzene rings is 1. The highest BCUT2D eigenvalue weighted by molar-refractivity contribution is 6.00. The van der Waals surface area contributed by atoms with Crippen LogP contribution < -0.4 is 5.32 Å². The SMILES string of the molecule is CCCNC(CO)C(=O)c1ccc([N+](=O)[O-])cc1. The van der Waals surface area contributed by atoms with Crippen molar-refractivity contribution in [3.63, 3.8) is 0 Å². The van der Waals surface area contributed by atoms with Gasteiger partial charge < -0.3 is 10.4 Å². The van der Waals surface area contributed by atoms with Gasteiger partial charge in [-0.2, -0.15) is 0 Å². The molecule has 0 bridgehead atoms. The summed E-state index contributed by atoms with van der Waals surface area (Å²) in [7, 11) is 0. The molecule has 0 saturated carbocycles. The van der Waals surface area contributed by atoms with Gasteiger partial charge in [0, 0.05) is 17.7 Å². The number of nitrogens with zero attached hydrogens (tertiary/aromatic N) is 1. The van der Waals surface area contributed by atoms with Gasteiger partial charge in [-0.25, -0.2) is 0 Å². The number of carbonyl (C=O) groups is 1. The number of non-ortho nitro benzene ring substituents is 1. The number of Topliss-reactive ketones (excluding diaryl/α,β-unsaturated/α-hetero) is 1. The number of hydrogen-bond acceptors (Lipinski definition) is 5. The van der Waals surface area contributed by atoms with Gasteiger partial charge in [0.1, 0.15) is 0 Å². The minimum Gasteiger partial charge on any atom is -0.394 e. The Morgan fingerprint density at radius 3 is 2.50 bits per heavy atom. The third-order valence-corrected chi connectivity index (χ3v) is 2.50. The first kappa shape index (κ1) is 14.3. The Morgan fingerprint density at radius 2 is 2.06 bits per heavy atom. The molecule has 1 atom stereocenters. The number of ketones is 1. The first-order chi connectivity index (χ1) is 8.60. The van der Waals surface area contributed by atoms with Gasteiger partial charge in [-0.05, 0) is 25.1 Å². The van der Waals surface area contributed by atoms with Crippen molar-refractivity contribution in [1.82, 2.24) is 5.32 Å². The maximum absolute atomic E-state index is 12.0. The highest BCUT2D eigenvalue weighted by Crippen LogP contribution is 2.13. The molecular formula is C12H16N2O4. The number of hydrogen-bond donors (Lipinski definition) is 2. The molecule has 1 aromatic carbocycles. The second-order valence-corrected chi connectivity index (χ2v) is 3.86. The Labute approximate surface area is 105 Å². The van der Waals surface area contributed by atoms with E-state index in [1.54, 1.807) is 0 Å². The Morgan fingerprint density at radius 1 is 1.44 bits per heavy atom. The molecule has 98 valence electrons. The number of carbonyl (C=O) groups excluding carboxylic acids is 1. The highest BCUT2D eigenvalue weighted by Gasteiger charge is 2.19. The lowest BCUT2D eigenvalue weighted by atomic mass is 10.0. The maximum atomic E-state index is 12.0. The minimum absolute atomic E-state index is 0.0615. The van der Waals surface area contributed by atoms with Crippen molar-refractivity contribution in [2.24, 2.45) is 0 Å². The summed E-state index contributed by atoms with van der Waals surface area (Å²) in [5.41, 5.74) is 0.289. The second-order valence-electron chi connectivity index (χ2n) is 3.86. The molecule has 0 aliphatic rings. The molecule has 0 heterocycles. The summed E-state index contributed by atoms with van der Waals surface area (Å²) in [4.78, 5) is 21.9. The zero-order valence-electron chi connectivity index (χ0n) is 10.1. The van der Waals surface area contributed by atoms with E-state index in [-0.39, 0.29) is 18.1 Å². The van der Waals surface area contributed by atoms with Crippen LogP contribution in [-0.2, 0) is 0 Å². The minimum atomic E-state index is -0.661. The zero-order valence-corrected chi connectivity index (χ0v) is 10.1. The molecule has 0 fully saturated rings. The number of aliphatic hydroxyl groups excluding tert-OH is 1. The van der Waals surface area contributed by atoms with Crippen LogP contribution in [0, 0.1) is 10.1 Å². The molecule has 1 unspecified atom stereocenters. The summed E-state index contributed by atoms with van der Waals surface area (Å²) in [6.45, 7) is 2.29.